The fourth-order valence-electron chi connectivity index (χ4n) is 1.90. The van der Waals surface area contributed by atoms with Crippen LogP contribution >= 0.6 is 23.4 Å². The van der Waals surface area contributed by atoms with E-state index >= 15 is 0 Å². The molecule has 2 aromatic carbocycles. The van der Waals surface area contributed by atoms with Gasteiger partial charge < -0.3 is 5.32 Å². The van der Waals surface area contributed by atoms with Crippen molar-refractivity contribution in [2.45, 2.75) is 10.6 Å². The van der Waals surface area contributed by atoms with Crippen molar-refractivity contribution >= 4 is 45.0 Å². The first-order valence-electron chi connectivity index (χ1n) is 7.07. The number of hydrogen-bond acceptors (Lipinski definition) is 4. The molecule has 2 rings (SSSR count). The molecule has 0 aliphatic rings. The molecule has 0 fully saturated rings. The second kappa shape index (κ2) is 8.53. The van der Waals surface area contributed by atoms with Gasteiger partial charge >= 0.3 is 0 Å². The zero-order valence-corrected chi connectivity index (χ0v) is 15.3. The molecule has 0 radical (unpaired) electrons. The number of amides is 1. The summed E-state index contributed by atoms with van der Waals surface area (Å²) in [4.78, 5) is 12.1. The van der Waals surface area contributed by atoms with Crippen LogP contribution in [0.2, 0.25) is 5.02 Å². The van der Waals surface area contributed by atoms with E-state index in [1.165, 1.54) is 30.9 Å². The molecule has 0 spiro atoms. The molecule has 0 heterocycles. The number of benzene rings is 2. The summed E-state index contributed by atoms with van der Waals surface area (Å²) in [6.07, 6.45) is 0. The molecular weight excluding hydrogens is 368 g/mol. The standard InChI is InChI=1S/C16H17ClN2O3S2/c1-18-24(21,22)14-8-6-13(7-9-14)19-16(20)11-23-10-12-4-2-3-5-15(12)17/h2-9,18H,10-11H2,1H3,(H,19,20). The van der Waals surface area contributed by atoms with Gasteiger partial charge in [-0.05, 0) is 42.9 Å². The monoisotopic (exact) mass is 384 g/mol. The van der Waals surface area contributed by atoms with Gasteiger partial charge in [0.05, 0.1) is 10.6 Å². The minimum atomic E-state index is -3.47. The lowest BCUT2D eigenvalue weighted by atomic mass is 10.2. The van der Waals surface area contributed by atoms with Gasteiger partial charge in [-0.2, -0.15) is 0 Å². The van der Waals surface area contributed by atoms with Crippen LogP contribution in [0.4, 0.5) is 5.69 Å². The Morgan fingerprint density at radius 1 is 1.12 bits per heavy atom. The third-order valence-electron chi connectivity index (χ3n) is 3.17. The van der Waals surface area contributed by atoms with E-state index in [2.05, 4.69) is 10.0 Å². The Labute approximate surface area is 150 Å². The van der Waals surface area contributed by atoms with E-state index in [1.807, 2.05) is 24.3 Å². The van der Waals surface area contributed by atoms with E-state index < -0.39 is 10.0 Å². The summed E-state index contributed by atoms with van der Waals surface area (Å²) in [6.45, 7) is 0. The number of thioether (sulfide) groups is 1. The quantitative estimate of drug-likeness (QED) is 0.769. The molecule has 0 saturated heterocycles. The van der Waals surface area contributed by atoms with E-state index in [4.69, 9.17) is 11.6 Å². The van der Waals surface area contributed by atoms with Crippen LogP contribution in [-0.4, -0.2) is 27.1 Å². The number of sulfonamides is 1. The van der Waals surface area contributed by atoms with Crippen molar-refractivity contribution < 1.29 is 13.2 Å². The van der Waals surface area contributed by atoms with E-state index in [-0.39, 0.29) is 16.6 Å². The van der Waals surface area contributed by atoms with Crippen LogP contribution in [0.1, 0.15) is 5.56 Å². The summed E-state index contributed by atoms with van der Waals surface area (Å²) in [7, 11) is -2.12. The van der Waals surface area contributed by atoms with Gasteiger partial charge in [0.2, 0.25) is 15.9 Å². The van der Waals surface area contributed by atoms with Crippen LogP contribution in [0.15, 0.2) is 53.4 Å². The first-order chi connectivity index (χ1) is 11.4. The first kappa shape index (κ1) is 18.8. The van der Waals surface area contributed by atoms with Gasteiger partial charge in [-0.15, -0.1) is 11.8 Å². The first-order valence-corrected chi connectivity index (χ1v) is 10.1. The maximum atomic E-state index is 11.9. The zero-order chi connectivity index (χ0) is 17.6. The van der Waals surface area contributed by atoms with Crippen molar-refractivity contribution in [1.82, 2.24) is 4.72 Å². The van der Waals surface area contributed by atoms with Crippen molar-refractivity contribution in [1.29, 1.82) is 0 Å². The summed E-state index contributed by atoms with van der Waals surface area (Å²) in [5.74, 6) is 0.769. The van der Waals surface area contributed by atoms with Gasteiger partial charge in [-0.3, -0.25) is 4.79 Å². The third-order valence-corrected chi connectivity index (χ3v) is 5.95. The molecule has 24 heavy (non-hydrogen) atoms. The molecule has 0 bridgehead atoms. The highest BCUT2D eigenvalue weighted by atomic mass is 35.5. The van der Waals surface area contributed by atoms with E-state index in [0.29, 0.717) is 16.5 Å². The molecule has 8 heteroatoms. The number of carbonyl (C=O) groups is 1. The van der Waals surface area contributed by atoms with Crippen LogP contribution in [-0.2, 0) is 20.6 Å². The fraction of sp³-hybridized carbons (Fsp3) is 0.188. The van der Waals surface area contributed by atoms with Crippen LogP contribution in [0.3, 0.4) is 0 Å². The maximum Gasteiger partial charge on any atom is 0.240 e. The Bertz CT molecular complexity index is 808. The number of rotatable bonds is 7. The van der Waals surface area contributed by atoms with Gasteiger partial charge in [0.15, 0.2) is 0 Å². The second-order valence-corrected chi connectivity index (χ2v) is 8.14. The number of anilines is 1. The average molecular weight is 385 g/mol. The number of hydrogen-bond donors (Lipinski definition) is 2. The molecular formula is C16H17ClN2O3S2. The van der Waals surface area contributed by atoms with Gasteiger partial charge in [0, 0.05) is 16.5 Å². The number of carbonyl (C=O) groups excluding carboxylic acids is 1. The molecule has 5 nitrogen and oxygen atoms in total. The van der Waals surface area contributed by atoms with Gasteiger partial charge in [0.25, 0.3) is 0 Å². The van der Waals surface area contributed by atoms with Gasteiger partial charge in [-0.25, -0.2) is 13.1 Å². The summed E-state index contributed by atoms with van der Waals surface area (Å²) < 4.78 is 25.5. The minimum Gasteiger partial charge on any atom is -0.325 e. The lowest BCUT2D eigenvalue weighted by molar-refractivity contribution is -0.113. The predicted molar refractivity (Wildman–Crippen MR) is 98.9 cm³/mol. The van der Waals surface area contributed by atoms with Crippen LogP contribution in [0, 0.1) is 0 Å². The Kier molecular flexibility index (Phi) is 6.68. The summed E-state index contributed by atoms with van der Waals surface area (Å²) in [5.41, 5.74) is 1.53. The Balaban J connectivity index is 1.85. The highest BCUT2D eigenvalue weighted by molar-refractivity contribution is 7.99. The SMILES string of the molecule is CNS(=O)(=O)c1ccc(NC(=O)CSCc2ccccc2Cl)cc1. The van der Waals surface area contributed by atoms with Gasteiger partial charge in [-0.1, -0.05) is 29.8 Å². The lowest BCUT2D eigenvalue weighted by Gasteiger charge is -2.07. The fourth-order valence-corrected chi connectivity index (χ4v) is 3.74. The zero-order valence-electron chi connectivity index (χ0n) is 13.0. The predicted octanol–water partition coefficient (Wildman–Crippen LogP) is 3.12. The molecule has 128 valence electrons. The molecule has 0 aromatic heterocycles. The molecule has 2 aromatic rings. The maximum absolute atomic E-state index is 11.9. The topological polar surface area (TPSA) is 75.3 Å². The number of nitrogens with one attached hydrogen (secondary N) is 2. The van der Waals surface area contributed by atoms with Crippen molar-refractivity contribution in [3.63, 3.8) is 0 Å². The highest BCUT2D eigenvalue weighted by Gasteiger charge is 2.11. The normalized spacial score (nSPS) is 11.2. The van der Waals surface area contributed by atoms with Crippen LogP contribution in [0.5, 0.6) is 0 Å². The molecule has 0 atom stereocenters. The second-order valence-electron chi connectivity index (χ2n) is 4.86. The largest absolute Gasteiger partial charge is 0.325 e. The summed E-state index contributed by atoms with van der Waals surface area (Å²) in [5, 5.41) is 3.42. The van der Waals surface area contributed by atoms with Crippen LogP contribution in [0.25, 0.3) is 0 Å². The summed E-state index contributed by atoms with van der Waals surface area (Å²) in [6, 6.07) is 13.5. The number of halogens is 1. The van der Waals surface area contributed by atoms with Crippen molar-refractivity contribution in [3.05, 3.63) is 59.1 Å². The van der Waals surface area contributed by atoms with E-state index in [1.54, 1.807) is 12.1 Å². The van der Waals surface area contributed by atoms with Crippen LogP contribution < -0.4 is 10.0 Å². The Hall–Kier alpha value is -1.54. The molecule has 0 saturated carbocycles. The Morgan fingerprint density at radius 2 is 1.79 bits per heavy atom. The summed E-state index contributed by atoms with van der Waals surface area (Å²) >= 11 is 7.52. The molecule has 0 unspecified atom stereocenters. The van der Waals surface area contributed by atoms with Gasteiger partial charge in [0.1, 0.15) is 0 Å². The molecule has 2 N–H and O–H groups in total. The molecule has 1 amide bonds. The van der Waals surface area contributed by atoms with E-state index in [0.717, 1.165) is 5.56 Å². The minimum absolute atomic E-state index is 0.149. The smallest absolute Gasteiger partial charge is 0.240 e. The van der Waals surface area contributed by atoms with Crippen molar-refractivity contribution in [2.24, 2.45) is 0 Å². The molecule has 0 aliphatic heterocycles. The Morgan fingerprint density at radius 3 is 2.42 bits per heavy atom. The molecule has 0 aliphatic carbocycles. The van der Waals surface area contributed by atoms with Crippen molar-refractivity contribution in [3.8, 4) is 0 Å². The third kappa shape index (κ3) is 5.24. The van der Waals surface area contributed by atoms with E-state index in [9.17, 15) is 13.2 Å². The van der Waals surface area contributed by atoms with Crippen molar-refractivity contribution in [2.75, 3.05) is 18.1 Å². The lowest BCUT2D eigenvalue weighted by Crippen LogP contribution is -2.18. The highest BCUT2D eigenvalue weighted by Crippen LogP contribution is 2.21. The average Bonchev–Trinajstić information content (AvgIpc) is 2.57.